The summed E-state index contributed by atoms with van der Waals surface area (Å²) in [5.74, 6) is -0.246. The fraction of sp³-hybridized carbons (Fsp3) is 0.600. The van der Waals surface area contributed by atoms with E-state index in [9.17, 15) is 9.59 Å². The first-order valence-corrected chi connectivity index (χ1v) is 8.71. The minimum absolute atomic E-state index is 0.00105. The number of esters is 2. The second-order valence-electron chi connectivity index (χ2n) is 7.61. The van der Waals surface area contributed by atoms with Crippen LogP contribution in [0, 0.1) is 23.2 Å². The van der Waals surface area contributed by atoms with Gasteiger partial charge in [-0.3, -0.25) is 4.79 Å². The van der Waals surface area contributed by atoms with Gasteiger partial charge in [-0.15, -0.1) is 0 Å². The van der Waals surface area contributed by atoms with Crippen molar-refractivity contribution in [3.63, 3.8) is 0 Å². The molecule has 2 aliphatic carbocycles. The van der Waals surface area contributed by atoms with Gasteiger partial charge in [0.05, 0.1) is 5.92 Å². The quantitative estimate of drug-likeness (QED) is 0.573. The van der Waals surface area contributed by atoms with E-state index in [1.165, 1.54) is 0 Å². The Kier molecular flexibility index (Phi) is 4.18. The number of rotatable bonds is 2. The Bertz CT molecular complexity index is 644. The van der Waals surface area contributed by atoms with Gasteiger partial charge in [0.1, 0.15) is 12.2 Å². The third kappa shape index (κ3) is 2.43. The van der Waals surface area contributed by atoms with E-state index in [1.807, 2.05) is 26.0 Å². The number of carbonyl (C=O) groups excluding carboxylic acids is 2. The van der Waals surface area contributed by atoms with Crippen molar-refractivity contribution in [2.75, 3.05) is 0 Å². The van der Waals surface area contributed by atoms with E-state index in [-0.39, 0.29) is 47.3 Å². The maximum Gasteiger partial charge on any atom is 0.333 e. The summed E-state index contributed by atoms with van der Waals surface area (Å²) in [5.41, 5.74) is 1.27. The van der Waals surface area contributed by atoms with Gasteiger partial charge in [-0.25, -0.2) is 4.79 Å². The lowest BCUT2D eigenvalue weighted by atomic mass is 9.55. The molecule has 0 amide bonds. The van der Waals surface area contributed by atoms with Crippen LogP contribution in [0.1, 0.15) is 40.5 Å². The van der Waals surface area contributed by atoms with Gasteiger partial charge in [0.2, 0.25) is 0 Å². The summed E-state index contributed by atoms with van der Waals surface area (Å²) in [6.07, 6.45) is 6.91. The highest BCUT2D eigenvalue weighted by molar-refractivity contribution is 5.87. The minimum atomic E-state index is -0.328. The largest absolute Gasteiger partial charge is 0.461 e. The molecule has 0 aromatic carbocycles. The summed E-state index contributed by atoms with van der Waals surface area (Å²) < 4.78 is 11.5. The molecule has 1 aliphatic heterocycles. The number of allylic oxidation sites excluding steroid dienone is 2. The zero-order chi connectivity index (χ0) is 17.6. The fourth-order valence-corrected chi connectivity index (χ4v) is 4.51. The third-order valence-electron chi connectivity index (χ3n) is 6.27. The smallest absolute Gasteiger partial charge is 0.333 e. The van der Waals surface area contributed by atoms with Crippen LogP contribution < -0.4 is 0 Å². The van der Waals surface area contributed by atoms with Crippen LogP contribution in [0.3, 0.4) is 0 Å². The standard InChI is InChI=1S/C20H26O4/c1-6-11(2)18(21)23-15-8-7-12(3)16-17-14(9-10-20(15,16)5)13(4)19(22)24-17/h6-8,13-17H,3,9-10H2,1-2,4-5H3/b11-6-/t13-,14+,15-,16+,17-,20-/m1/s1. The second kappa shape index (κ2) is 5.91. The summed E-state index contributed by atoms with van der Waals surface area (Å²) in [7, 11) is 0. The molecule has 0 N–H and O–H groups in total. The Labute approximate surface area is 143 Å². The van der Waals surface area contributed by atoms with Crippen LogP contribution in [0.15, 0.2) is 36.0 Å². The molecule has 0 aromatic heterocycles. The van der Waals surface area contributed by atoms with Crippen molar-refractivity contribution < 1.29 is 19.1 Å². The molecule has 0 spiro atoms. The highest BCUT2D eigenvalue weighted by Crippen LogP contribution is 2.56. The molecule has 0 aromatic rings. The number of hydrogen-bond donors (Lipinski definition) is 0. The Balaban J connectivity index is 1.91. The van der Waals surface area contributed by atoms with Crippen LogP contribution in [0.25, 0.3) is 0 Å². The average Bonchev–Trinajstić information content (AvgIpc) is 2.83. The zero-order valence-electron chi connectivity index (χ0n) is 14.9. The van der Waals surface area contributed by atoms with Crippen LogP contribution >= 0.6 is 0 Å². The summed E-state index contributed by atoms with van der Waals surface area (Å²) in [6.45, 7) is 11.8. The van der Waals surface area contributed by atoms with Crippen LogP contribution in [-0.2, 0) is 19.1 Å². The van der Waals surface area contributed by atoms with Crippen LogP contribution in [0.4, 0.5) is 0 Å². The lowest BCUT2D eigenvalue weighted by Gasteiger charge is -2.51. The van der Waals surface area contributed by atoms with E-state index < -0.39 is 0 Å². The van der Waals surface area contributed by atoms with Crippen molar-refractivity contribution in [2.45, 2.75) is 52.7 Å². The van der Waals surface area contributed by atoms with E-state index in [1.54, 1.807) is 13.0 Å². The maximum atomic E-state index is 12.2. The van der Waals surface area contributed by atoms with Gasteiger partial charge in [0, 0.05) is 22.8 Å². The lowest BCUT2D eigenvalue weighted by molar-refractivity contribution is -0.160. The predicted molar refractivity (Wildman–Crippen MR) is 91.0 cm³/mol. The van der Waals surface area contributed by atoms with Gasteiger partial charge >= 0.3 is 11.9 Å². The topological polar surface area (TPSA) is 52.6 Å². The van der Waals surface area contributed by atoms with Gasteiger partial charge in [0.25, 0.3) is 0 Å². The van der Waals surface area contributed by atoms with Crippen molar-refractivity contribution in [1.82, 2.24) is 0 Å². The molecule has 1 saturated carbocycles. The fourth-order valence-electron chi connectivity index (χ4n) is 4.51. The SMILES string of the molecule is C=C1C=C[C@@H](OC(=O)/C(C)=C\C)[C@@]2(C)CC[C@@H]3[C@@H](OC(=O)[C@@H]3C)[C@H]12. The number of fused-ring (bicyclic) bond motifs is 3. The van der Waals surface area contributed by atoms with E-state index in [0.717, 1.165) is 18.4 Å². The summed E-state index contributed by atoms with van der Waals surface area (Å²) in [4.78, 5) is 24.3. The first kappa shape index (κ1) is 17.0. The van der Waals surface area contributed by atoms with Gasteiger partial charge < -0.3 is 9.47 Å². The first-order chi connectivity index (χ1) is 11.3. The maximum absolute atomic E-state index is 12.2. The summed E-state index contributed by atoms with van der Waals surface area (Å²) in [6, 6.07) is 0. The van der Waals surface area contributed by atoms with Crippen LogP contribution in [0.5, 0.6) is 0 Å². The van der Waals surface area contributed by atoms with E-state index >= 15 is 0 Å². The molecular weight excluding hydrogens is 304 g/mol. The molecule has 4 nitrogen and oxygen atoms in total. The zero-order valence-corrected chi connectivity index (χ0v) is 14.9. The molecular formula is C20H26O4. The van der Waals surface area contributed by atoms with Gasteiger partial charge in [-0.05, 0) is 38.3 Å². The summed E-state index contributed by atoms with van der Waals surface area (Å²) >= 11 is 0. The molecule has 1 heterocycles. The molecule has 0 radical (unpaired) electrons. The summed E-state index contributed by atoms with van der Waals surface area (Å²) in [5, 5.41) is 0. The monoisotopic (exact) mass is 330 g/mol. The van der Waals surface area contributed by atoms with Gasteiger partial charge in [0.15, 0.2) is 0 Å². The highest BCUT2D eigenvalue weighted by Gasteiger charge is 2.59. The molecule has 2 fully saturated rings. The molecule has 3 aliphatic rings. The van der Waals surface area contributed by atoms with Crippen molar-refractivity contribution >= 4 is 11.9 Å². The van der Waals surface area contributed by atoms with Crippen molar-refractivity contribution in [3.05, 3.63) is 36.0 Å². The lowest BCUT2D eigenvalue weighted by Crippen LogP contribution is -2.53. The average molecular weight is 330 g/mol. The molecule has 4 heteroatoms. The molecule has 1 saturated heterocycles. The van der Waals surface area contributed by atoms with Crippen molar-refractivity contribution in [3.8, 4) is 0 Å². The third-order valence-corrected chi connectivity index (χ3v) is 6.27. The highest BCUT2D eigenvalue weighted by atomic mass is 16.6. The molecule has 3 rings (SSSR count). The Morgan fingerprint density at radius 1 is 1.50 bits per heavy atom. The molecule has 6 atom stereocenters. The Morgan fingerprint density at radius 3 is 2.88 bits per heavy atom. The second-order valence-corrected chi connectivity index (χ2v) is 7.61. The van der Waals surface area contributed by atoms with Crippen molar-refractivity contribution in [1.29, 1.82) is 0 Å². The van der Waals surface area contributed by atoms with E-state index in [4.69, 9.17) is 9.47 Å². The molecule has 0 unspecified atom stereocenters. The van der Waals surface area contributed by atoms with Gasteiger partial charge in [-0.2, -0.15) is 0 Å². The molecule has 24 heavy (non-hydrogen) atoms. The number of hydrogen-bond acceptors (Lipinski definition) is 4. The number of carbonyl (C=O) groups is 2. The first-order valence-electron chi connectivity index (χ1n) is 8.71. The van der Waals surface area contributed by atoms with Gasteiger partial charge in [-0.1, -0.05) is 32.6 Å². The van der Waals surface area contributed by atoms with Crippen LogP contribution in [0.2, 0.25) is 0 Å². The van der Waals surface area contributed by atoms with Crippen LogP contribution in [-0.4, -0.2) is 24.1 Å². The Morgan fingerprint density at radius 2 is 2.21 bits per heavy atom. The van der Waals surface area contributed by atoms with E-state index in [0.29, 0.717) is 5.57 Å². The normalized spacial score (nSPS) is 41.5. The number of ether oxygens (including phenoxy) is 2. The predicted octanol–water partition coefficient (Wildman–Crippen LogP) is 3.58. The minimum Gasteiger partial charge on any atom is -0.461 e. The Hall–Kier alpha value is -1.84. The molecule has 0 bridgehead atoms. The molecule has 130 valence electrons. The van der Waals surface area contributed by atoms with Crippen molar-refractivity contribution in [2.24, 2.45) is 23.2 Å². The van der Waals surface area contributed by atoms with E-state index in [2.05, 4.69) is 13.5 Å².